The van der Waals surface area contributed by atoms with Crippen molar-refractivity contribution in [2.24, 2.45) is 0 Å². The average molecular weight is 494 g/mol. The molecule has 0 spiro atoms. The van der Waals surface area contributed by atoms with E-state index < -0.39 is 10.0 Å². The fourth-order valence-electron chi connectivity index (χ4n) is 3.99. The molecule has 186 valence electrons. The summed E-state index contributed by atoms with van der Waals surface area (Å²) in [5.74, 6) is 1.61. The van der Waals surface area contributed by atoms with Gasteiger partial charge < -0.3 is 23.5 Å². The maximum Gasteiger partial charge on any atom is 0.238 e. The average Bonchev–Trinajstić information content (AvgIpc) is 3.49. The second-order valence-corrected chi connectivity index (χ2v) is 10.4. The van der Waals surface area contributed by atoms with Gasteiger partial charge >= 0.3 is 0 Å². The second kappa shape index (κ2) is 11.2. The Hall–Kier alpha value is -2.60. The number of furan rings is 1. The van der Waals surface area contributed by atoms with Crippen molar-refractivity contribution in [2.45, 2.75) is 19.5 Å². The van der Waals surface area contributed by atoms with Gasteiger partial charge in [0, 0.05) is 26.2 Å². The lowest BCUT2D eigenvalue weighted by Crippen LogP contribution is -2.43. The summed E-state index contributed by atoms with van der Waals surface area (Å²) in [7, 11) is -3.56. The summed E-state index contributed by atoms with van der Waals surface area (Å²) in [6.45, 7) is 4.54. The molecule has 10 nitrogen and oxygen atoms in total. The molecule has 1 aromatic carbocycles. The molecule has 2 aromatic rings. The minimum atomic E-state index is -3.56. The van der Waals surface area contributed by atoms with E-state index in [1.807, 2.05) is 18.2 Å². The molecule has 0 bridgehead atoms. The van der Waals surface area contributed by atoms with Crippen LogP contribution in [-0.4, -0.2) is 87.4 Å². The summed E-state index contributed by atoms with van der Waals surface area (Å²) in [4.78, 5) is 17.2. The van der Waals surface area contributed by atoms with E-state index in [0.29, 0.717) is 36.9 Å². The van der Waals surface area contributed by atoms with Gasteiger partial charge in [-0.1, -0.05) is 6.07 Å². The summed E-state index contributed by atoms with van der Waals surface area (Å²) in [6.07, 6.45) is 3.33. The molecule has 1 saturated heterocycles. The molecule has 1 aromatic heterocycles. The molecule has 0 N–H and O–H groups in total. The van der Waals surface area contributed by atoms with Gasteiger partial charge in [0.05, 0.1) is 38.8 Å². The Morgan fingerprint density at radius 1 is 1.09 bits per heavy atom. The van der Waals surface area contributed by atoms with Gasteiger partial charge in [-0.05, 0) is 42.8 Å². The van der Waals surface area contributed by atoms with Crippen LogP contribution in [-0.2, 0) is 32.6 Å². The van der Waals surface area contributed by atoms with Gasteiger partial charge in [0.1, 0.15) is 5.76 Å². The summed E-state index contributed by atoms with van der Waals surface area (Å²) in [5, 5.41) is 0. The van der Waals surface area contributed by atoms with E-state index in [2.05, 4.69) is 4.90 Å². The third-order valence-electron chi connectivity index (χ3n) is 5.86. The standard InChI is InChI=1S/C23H31N3O7S/c1-34(28,29)26(8-3-7-24-9-12-30-13-10-24)17-23(27)25(16-20-4-2-11-31-20)15-19-5-6-21-22(14-19)33-18-32-21/h2,4-6,11,14H,3,7-10,12-13,15-18H2,1H3. The molecule has 0 aliphatic carbocycles. The molecule has 11 heteroatoms. The van der Waals surface area contributed by atoms with Crippen molar-refractivity contribution in [3.05, 3.63) is 47.9 Å². The molecule has 1 fully saturated rings. The molecule has 0 unspecified atom stereocenters. The number of carbonyl (C=O) groups is 1. The Morgan fingerprint density at radius 3 is 2.62 bits per heavy atom. The quantitative estimate of drug-likeness (QED) is 0.464. The number of hydrogen-bond acceptors (Lipinski definition) is 8. The van der Waals surface area contributed by atoms with Crippen LogP contribution < -0.4 is 9.47 Å². The van der Waals surface area contributed by atoms with Gasteiger partial charge in [-0.2, -0.15) is 4.31 Å². The SMILES string of the molecule is CS(=O)(=O)N(CCCN1CCOCC1)CC(=O)N(Cc1ccc2c(c1)OCO2)Cc1ccco1. The molecule has 1 amide bonds. The highest BCUT2D eigenvalue weighted by molar-refractivity contribution is 7.88. The molecule has 34 heavy (non-hydrogen) atoms. The van der Waals surface area contributed by atoms with Crippen LogP contribution in [0, 0.1) is 0 Å². The summed E-state index contributed by atoms with van der Waals surface area (Å²) >= 11 is 0. The smallest absolute Gasteiger partial charge is 0.238 e. The number of sulfonamides is 1. The monoisotopic (exact) mass is 493 g/mol. The molecule has 0 radical (unpaired) electrons. The normalized spacial score (nSPS) is 16.2. The van der Waals surface area contributed by atoms with Crippen LogP contribution in [0.2, 0.25) is 0 Å². The number of nitrogens with zero attached hydrogens (tertiary/aromatic N) is 3. The van der Waals surface area contributed by atoms with E-state index in [4.69, 9.17) is 18.6 Å². The van der Waals surface area contributed by atoms with Crippen molar-refractivity contribution in [1.29, 1.82) is 0 Å². The van der Waals surface area contributed by atoms with Crippen molar-refractivity contribution < 1.29 is 31.8 Å². The fraction of sp³-hybridized carbons (Fsp3) is 0.522. The van der Waals surface area contributed by atoms with Gasteiger partial charge in [0.15, 0.2) is 11.5 Å². The first-order valence-electron chi connectivity index (χ1n) is 11.3. The number of morpholine rings is 1. The second-order valence-electron chi connectivity index (χ2n) is 8.42. The topological polar surface area (TPSA) is 102 Å². The number of hydrogen-bond donors (Lipinski definition) is 0. The first-order valence-corrected chi connectivity index (χ1v) is 13.2. The minimum absolute atomic E-state index is 0.168. The lowest BCUT2D eigenvalue weighted by atomic mass is 10.2. The van der Waals surface area contributed by atoms with Gasteiger partial charge in [0.25, 0.3) is 0 Å². The summed E-state index contributed by atoms with van der Waals surface area (Å²) in [5.41, 5.74) is 0.849. The van der Waals surface area contributed by atoms with Crippen molar-refractivity contribution in [2.75, 3.05) is 59.0 Å². The van der Waals surface area contributed by atoms with E-state index in [9.17, 15) is 13.2 Å². The minimum Gasteiger partial charge on any atom is -0.467 e. The van der Waals surface area contributed by atoms with Crippen LogP contribution in [0.15, 0.2) is 41.0 Å². The van der Waals surface area contributed by atoms with Crippen molar-refractivity contribution >= 4 is 15.9 Å². The summed E-state index contributed by atoms with van der Waals surface area (Å²) in [6, 6.07) is 9.05. The molecule has 0 saturated carbocycles. The lowest BCUT2D eigenvalue weighted by molar-refractivity contribution is -0.133. The third-order valence-corrected chi connectivity index (χ3v) is 7.11. The van der Waals surface area contributed by atoms with Gasteiger partial charge in [-0.3, -0.25) is 9.69 Å². The number of carbonyl (C=O) groups excluding carboxylic acids is 1. The van der Waals surface area contributed by atoms with Crippen LogP contribution in [0.1, 0.15) is 17.7 Å². The van der Waals surface area contributed by atoms with E-state index in [0.717, 1.165) is 31.5 Å². The highest BCUT2D eigenvalue weighted by atomic mass is 32.2. The number of amides is 1. The zero-order valence-corrected chi connectivity index (χ0v) is 20.2. The Labute approximate surface area is 200 Å². The van der Waals surface area contributed by atoms with E-state index >= 15 is 0 Å². The lowest BCUT2D eigenvalue weighted by Gasteiger charge is -2.28. The van der Waals surface area contributed by atoms with Gasteiger partial charge in [0.2, 0.25) is 22.7 Å². The Bertz CT molecular complexity index is 1050. The molecule has 2 aliphatic heterocycles. The molecular weight excluding hydrogens is 462 g/mol. The summed E-state index contributed by atoms with van der Waals surface area (Å²) < 4.78 is 47.8. The Balaban J connectivity index is 1.42. The maximum atomic E-state index is 13.3. The Kier molecular flexibility index (Phi) is 8.09. The van der Waals surface area contributed by atoms with Crippen molar-refractivity contribution in [3.63, 3.8) is 0 Å². The largest absolute Gasteiger partial charge is 0.467 e. The molecule has 2 aliphatic rings. The fourth-order valence-corrected chi connectivity index (χ4v) is 4.80. The van der Waals surface area contributed by atoms with Gasteiger partial charge in [-0.15, -0.1) is 0 Å². The zero-order chi connectivity index (χ0) is 24.0. The maximum absolute atomic E-state index is 13.3. The van der Waals surface area contributed by atoms with Crippen molar-refractivity contribution in [3.8, 4) is 11.5 Å². The van der Waals surface area contributed by atoms with E-state index in [1.54, 1.807) is 23.3 Å². The zero-order valence-electron chi connectivity index (χ0n) is 19.3. The number of benzene rings is 1. The molecular formula is C23H31N3O7S. The van der Waals surface area contributed by atoms with E-state index in [-0.39, 0.29) is 38.9 Å². The predicted molar refractivity (Wildman–Crippen MR) is 124 cm³/mol. The van der Waals surface area contributed by atoms with Crippen LogP contribution in [0.4, 0.5) is 0 Å². The number of rotatable bonds is 11. The third kappa shape index (κ3) is 6.72. The Morgan fingerprint density at radius 2 is 1.88 bits per heavy atom. The number of ether oxygens (including phenoxy) is 3. The van der Waals surface area contributed by atoms with Crippen LogP contribution in [0.3, 0.4) is 0 Å². The number of fused-ring (bicyclic) bond motifs is 1. The predicted octanol–water partition coefficient (Wildman–Crippen LogP) is 1.52. The van der Waals surface area contributed by atoms with Crippen LogP contribution in [0.5, 0.6) is 11.5 Å². The highest BCUT2D eigenvalue weighted by Crippen LogP contribution is 2.33. The molecule has 4 rings (SSSR count). The molecule has 3 heterocycles. The first kappa shape index (κ1) is 24.5. The molecule has 0 atom stereocenters. The van der Waals surface area contributed by atoms with Crippen LogP contribution in [0.25, 0.3) is 0 Å². The van der Waals surface area contributed by atoms with Crippen molar-refractivity contribution in [1.82, 2.24) is 14.1 Å². The highest BCUT2D eigenvalue weighted by Gasteiger charge is 2.25. The van der Waals surface area contributed by atoms with Gasteiger partial charge in [-0.25, -0.2) is 8.42 Å². The first-order chi connectivity index (χ1) is 16.4. The van der Waals surface area contributed by atoms with E-state index in [1.165, 1.54) is 4.31 Å². The van der Waals surface area contributed by atoms with Crippen LogP contribution >= 0.6 is 0 Å².